The van der Waals surface area contributed by atoms with Crippen LogP contribution in [0.25, 0.3) is 21.3 Å². The highest BCUT2D eigenvalue weighted by Gasteiger charge is 2.14. The lowest BCUT2D eigenvalue weighted by Gasteiger charge is -2.01. The van der Waals surface area contributed by atoms with Crippen molar-refractivity contribution in [1.29, 1.82) is 0 Å². The monoisotopic (exact) mass is 256 g/mol. The fraction of sp³-hybridized carbons (Fsp3) is 0.143. The van der Waals surface area contributed by atoms with E-state index in [1.807, 2.05) is 6.92 Å². The number of nitrogens with zero attached hydrogens (tertiary/aromatic N) is 1. The van der Waals surface area contributed by atoms with E-state index in [1.54, 1.807) is 11.3 Å². The van der Waals surface area contributed by atoms with Crippen molar-refractivity contribution in [2.75, 3.05) is 0 Å². The summed E-state index contributed by atoms with van der Waals surface area (Å²) in [5.41, 5.74) is 3.22. The lowest BCUT2D eigenvalue weighted by atomic mass is 10.0. The summed E-state index contributed by atoms with van der Waals surface area (Å²) in [6, 6.07) is 8.22. The first-order chi connectivity index (χ1) is 8.66. The summed E-state index contributed by atoms with van der Waals surface area (Å²) in [5, 5.41) is 0.698. The molecule has 2 aromatic heterocycles. The Morgan fingerprint density at radius 1 is 1.17 bits per heavy atom. The maximum atomic E-state index is 12.0. The molecule has 90 valence electrons. The molecule has 1 aromatic carbocycles. The van der Waals surface area contributed by atoms with Crippen molar-refractivity contribution in [3.63, 3.8) is 0 Å². The summed E-state index contributed by atoms with van der Waals surface area (Å²) >= 11 is 1.56. The molecule has 0 saturated carbocycles. The smallest absolute Gasteiger partial charge is 0.260 e. The molecule has 0 aliphatic rings. The number of hydrogen-bond donors (Lipinski definition) is 1. The minimum absolute atomic E-state index is 0.0695. The van der Waals surface area contributed by atoms with Gasteiger partial charge in [0.15, 0.2) is 0 Å². The van der Waals surface area contributed by atoms with Gasteiger partial charge >= 0.3 is 0 Å². The van der Waals surface area contributed by atoms with E-state index >= 15 is 0 Å². The van der Waals surface area contributed by atoms with Crippen molar-refractivity contribution in [2.45, 2.75) is 13.8 Å². The third kappa shape index (κ3) is 1.66. The number of rotatable bonds is 1. The molecule has 1 N–H and O–H groups in total. The van der Waals surface area contributed by atoms with Crippen LogP contribution in [0.3, 0.4) is 0 Å². The molecule has 0 fully saturated rings. The van der Waals surface area contributed by atoms with Gasteiger partial charge in [0.05, 0.1) is 11.7 Å². The summed E-state index contributed by atoms with van der Waals surface area (Å²) in [7, 11) is 0. The van der Waals surface area contributed by atoms with Gasteiger partial charge in [-0.25, -0.2) is 4.98 Å². The van der Waals surface area contributed by atoms with Crippen LogP contribution < -0.4 is 5.56 Å². The molecule has 4 heteroatoms. The third-order valence-corrected chi connectivity index (χ3v) is 4.02. The van der Waals surface area contributed by atoms with E-state index in [0.717, 1.165) is 20.8 Å². The normalized spacial score (nSPS) is 11.0. The van der Waals surface area contributed by atoms with Crippen LogP contribution >= 0.6 is 11.3 Å². The minimum Gasteiger partial charge on any atom is -0.313 e. The van der Waals surface area contributed by atoms with Gasteiger partial charge in [-0.1, -0.05) is 29.8 Å². The molecule has 0 saturated heterocycles. The molecule has 2 heterocycles. The fourth-order valence-corrected chi connectivity index (χ4v) is 3.14. The fourth-order valence-electron chi connectivity index (χ4n) is 2.12. The number of benzene rings is 1. The van der Waals surface area contributed by atoms with Gasteiger partial charge in [0, 0.05) is 10.4 Å². The largest absolute Gasteiger partial charge is 0.313 e. The van der Waals surface area contributed by atoms with Crippen LogP contribution in [-0.4, -0.2) is 9.97 Å². The molecular formula is C14H12N2OS. The predicted molar refractivity (Wildman–Crippen MR) is 75.2 cm³/mol. The Balaban J connectivity index is 2.38. The molecule has 0 unspecified atom stereocenters. The van der Waals surface area contributed by atoms with Gasteiger partial charge < -0.3 is 4.98 Å². The van der Waals surface area contributed by atoms with Gasteiger partial charge in [0.2, 0.25) is 0 Å². The van der Waals surface area contributed by atoms with E-state index in [1.165, 1.54) is 11.9 Å². The molecule has 3 rings (SSSR count). The highest BCUT2D eigenvalue weighted by atomic mass is 32.1. The molecule has 3 aromatic rings. The number of aryl methyl sites for hydroxylation is 2. The number of fused-ring (bicyclic) bond motifs is 1. The van der Waals surface area contributed by atoms with Crippen LogP contribution in [0.1, 0.15) is 10.4 Å². The van der Waals surface area contributed by atoms with Crippen molar-refractivity contribution in [2.24, 2.45) is 0 Å². The second kappa shape index (κ2) is 4.07. The van der Waals surface area contributed by atoms with Gasteiger partial charge in [0.25, 0.3) is 5.56 Å². The number of thiophene rings is 1. The van der Waals surface area contributed by atoms with Gasteiger partial charge in [-0.3, -0.25) is 4.79 Å². The first kappa shape index (κ1) is 11.2. The summed E-state index contributed by atoms with van der Waals surface area (Å²) in [6.45, 7) is 4.08. The van der Waals surface area contributed by atoms with Crippen LogP contribution in [0.15, 0.2) is 35.4 Å². The van der Waals surface area contributed by atoms with Crippen LogP contribution in [0.5, 0.6) is 0 Å². The van der Waals surface area contributed by atoms with Crippen LogP contribution in [0, 0.1) is 13.8 Å². The molecule has 0 atom stereocenters. The molecule has 0 amide bonds. The Kier molecular flexibility index (Phi) is 2.52. The van der Waals surface area contributed by atoms with E-state index in [9.17, 15) is 4.79 Å². The summed E-state index contributed by atoms with van der Waals surface area (Å²) in [5.74, 6) is 0. The molecule has 0 aliphatic heterocycles. The SMILES string of the molecule is Cc1ccc(-c2c(C)sc3nc[nH]c(=O)c23)cc1. The zero-order valence-corrected chi connectivity index (χ0v) is 11.0. The second-order valence-electron chi connectivity index (χ2n) is 4.31. The van der Waals surface area contributed by atoms with Crippen molar-refractivity contribution in [3.8, 4) is 11.1 Å². The van der Waals surface area contributed by atoms with Crippen LogP contribution in [0.2, 0.25) is 0 Å². The Morgan fingerprint density at radius 3 is 2.61 bits per heavy atom. The number of aromatic amines is 1. The molecule has 0 aliphatic carbocycles. The summed E-state index contributed by atoms with van der Waals surface area (Å²) < 4.78 is 0. The average molecular weight is 256 g/mol. The Labute approximate surface area is 108 Å². The average Bonchev–Trinajstić information content (AvgIpc) is 2.68. The van der Waals surface area contributed by atoms with Crippen molar-refractivity contribution < 1.29 is 0 Å². The van der Waals surface area contributed by atoms with E-state index < -0.39 is 0 Å². The van der Waals surface area contributed by atoms with Gasteiger partial charge in [-0.05, 0) is 19.4 Å². The van der Waals surface area contributed by atoms with Gasteiger partial charge in [-0.15, -0.1) is 11.3 Å². The maximum absolute atomic E-state index is 12.0. The second-order valence-corrected chi connectivity index (χ2v) is 5.51. The zero-order chi connectivity index (χ0) is 12.7. The lowest BCUT2D eigenvalue weighted by Crippen LogP contribution is -2.05. The van der Waals surface area contributed by atoms with E-state index in [2.05, 4.69) is 41.2 Å². The molecule has 18 heavy (non-hydrogen) atoms. The van der Waals surface area contributed by atoms with E-state index in [4.69, 9.17) is 0 Å². The maximum Gasteiger partial charge on any atom is 0.260 e. The first-order valence-corrected chi connectivity index (χ1v) is 6.52. The Hall–Kier alpha value is -1.94. The van der Waals surface area contributed by atoms with Crippen LogP contribution in [0.4, 0.5) is 0 Å². The number of nitrogens with one attached hydrogen (secondary N) is 1. The summed E-state index contributed by atoms with van der Waals surface area (Å²) in [6.07, 6.45) is 1.46. The quantitative estimate of drug-likeness (QED) is 0.726. The number of H-pyrrole nitrogens is 1. The molecule has 3 nitrogen and oxygen atoms in total. The van der Waals surface area contributed by atoms with Gasteiger partial charge in [0.1, 0.15) is 4.83 Å². The highest BCUT2D eigenvalue weighted by molar-refractivity contribution is 7.19. The van der Waals surface area contributed by atoms with E-state index in [-0.39, 0.29) is 5.56 Å². The van der Waals surface area contributed by atoms with Crippen LogP contribution in [-0.2, 0) is 0 Å². The zero-order valence-electron chi connectivity index (χ0n) is 10.2. The highest BCUT2D eigenvalue weighted by Crippen LogP contribution is 2.35. The number of aromatic nitrogens is 2. The van der Waals surface area contributed by atoms with E-state index in [0.29, 0.717) is 5.39 Å². The minimum atomic E-state index is -0.0695. The Bertz CT molecular complexity index is 769. The predicted octanol–water partition coefficient (Wildman–Crippen LogP) is 3.27. The topological polar surface area (TPSA) is 45.8 Å². The molecule has 0 bridgehead atoms. The third-order valence-electron chi connectivity index (χ3n) is 3.01. The van der Waals surface area contributed by atoms with Crippen molar-refractivity contribution >= 4 is 21.6 Å². The van der Waals surface area contributed by atoms with Crippen molar-refractivity contribution in [3.05, 3.63) is 51.4 Å². The van der Waals surface area contributed by atoms with Gasteiger partial charge in [-0.2, -0.15) is 0 Å². The van der Waals surface area contributed by atoms with Crippen molar-refractivity contribution in [1.82, 2.24) is 9.97 Å². The number of hydrogen-bond acceptors (Lipinski definition) is 3. The molecule has 0 radical (unpaired) electrons. The molecular weight excluding hydrogens is 244 g/mol. The Morgan fingerprint density at radius 2 is 1.89 bits per heavy atom. The first-order valence-electron chi connectivity index (χ1n) is 5.70. The standard InChI is InChI=1S/C14H12N2OS/c1-8-3-5-10(6-4-8)11-9(2)18-14-12(11)13(17)15-7-16-14/h3-7H,1-2H3,(H,15,16,17). The lowest BCUT2D eigenvalue weighted by molar-refractivity contribution is 1.18. The summed E-state index contributed by atoms with van der Waals surface area (Å²) in [4.78, 5) is 20.8. The molecule has 0 spiro atoms.